The molecule has 0 saturated heterocycles. The van der Waals surface area contributed by atoms with Crippen molar-refractivity contribution in [2.24, 2.45) is 11.5 Å². The van der Waals surface area contributed by atoms with Crippen LogP contribution in [0.1, 0.15) is 24.8 Å². The Balaban J connectivity index is 2.76. The minimum Gasteiger partial charge on any atom is -0.480 e. The molecule has 5 heteroatoms. The second-order valence-corrected chi connectivity index (χ2v) is 4.88. The van der Waals surface area contributed by atoms with Crippen LogP contribution in [-0.2, 0) is 11.3 Å². The molecule has 20 heavy (non-hydrogen) atoms. The fourth-order valence-electron chi connectivity index (χ4n) is 2.23. The number of carboxylic acid groups (broad SMARTS) is 1. The molecule has 1 rings (SSSR count). The number of carbonyl (C=O) groups is 1. The lowest BCUT2D eigenvalue weighted by Gasteiger charge is -2.29. The molecule has 0 saturated carbocycles. The molecule has 0 spiro atoms. The molecule has 1 atom stereocenters. The van der Waals surface area contributed by atoms with Gasteiger partial charge in [0.1, 0.15) is 6.04 Å². The Hall–Kier alpha value is -1.43. The van der Waals surface area contributed by atoms with E-state index in [0.29, 0.717) is 39.0 Å². The summed E-state index contributed by atoms with van der Waals surface area (Å²) in [7, 11) is 0. The Morgan fingerprint density at radius 2 is 1.80 bits per heavy atom. The van der Waals surface area contributed by atoms with Crippen LogP contribution in [0.15, 0.2) is 30.3 Å². The number of nitrogens with two attached hydrogens (primary N) is 2. The SMILES string of the molecule is NCCCC(C(=O)O)N(CCCN)Cc1ccccc1. The van der Waals surface area contributed by atoms with Gasteiger partial charge in [0.15, 0.2) is 0 Å². The third kappa shape index (κ3) is 5.69. The molecule has 1 aromatic rings. The van der Waals surface area contributed by atoms with Crippen molar-refractivity contribution in [1.82, 2.24) is 4.90 Å². The average molecular weight is 279 g/mol. The molecule has 112 valence electrons. The molecule has 1 unspecified atom stereocenters. The predicted octanol–water partition coefficient (Wildman–Crippen LogP) is 1.03. The predicted molar refractivity (Wildman–Crippen MR) is 80.2 cm³/mol. The van der Waals surface area contributed by atoms with Crippen LogP contribution in [0.2, 0.25) is 0 Å². The van der Waals surface area contributed by atoms with E-state index in [-0.39, 0.29) is 0 Å². The second kappa shape index (κ2) is 9.47. The molecule has 1 aromatic carbocycles. The van der Waals surface area contributed by atoms with E-state index in [0.717, 1.165) is 12.0 Å². The maximum Gasteiger partial charge on any atom is 0.320 e. The van der Waals surface area contributed by atoms with E-state index in [1.54, 1.807) is 0 Å². The fourth-order valence-corrected chi connectivity index (χ4v) is 2.23. The molecule has 0 fully saturated rings. The number of rotatable bonds is 10. The van der Waals surface area contributed by atoms with Crippen LogP contribution in [0.5, 0.6) is 0 Å². The van der Waals surface area contributed by atoms with Gasteiger partial charge >= 0.3 is 5.97 Å². The summed E-state index contributed by atoms with van der Waals surface area (Å²) < 4.78 is 0. The second-order valence-electron chi connectivity index (χ2n) is 4.88. The normalized spacial score (nSPS) is 12.6. The Kier molecular flexibility index (Phi) is 7.87. The van der Waals surface area contributed by atoms with Crippen LogP contribution < -0.4 is 11.5 Å². The Labute approximate surface area is 120 Å². The third-order valence-corrected chi connectivity index (χ3v) is 3.29. The Morgan fingerprint density at radius 3 is 2.35 bits per heavy atom. The van der Waals surface area contributed by atoms with Gasteiger partial charge in [-0.05, 0) is 37.9 Å². The van der Waals surface area contributed by atoms with Crippen LogP contribution in [0.25, 0.3) is 0 Å². The summed E-state index contributed by atoms with van der Waals surface area (Å²) in [5.74, 6) is -0.786. The lowest BCUT2D eigenvalue weighted by molar-refractivity contribution is -0.143. The van der Waals surface area contributed by atoms with Crippen molar-refractivity contribution in [3.8, 4) is 0 Å². The lowest BCUT2D eigenvalue weighted by Crippen LogP contribution is -2.42. The van der Waals surface area contributed by atoms with Crippen molar-refractivity contribution in [1.29, 1.82) is 0 Å². The van der Waals surface area contributed by atoms with Gasteiger partial charge in [-0.15, -0.1) is 0 Å². The summed E-state index contributed by atoms with van der Waals surface area (Å²) in [6.07, 6.45) is 2.08. The summed E-state index contributed by atoms with van der Waals surface area (Å²) in [5, 5.41) is 9.43. The average Bonchev–Trinajstić information content (AvgIpc) is 2.45. The minimum atomic E-state index is -0.786. The molecule has 0 bridgehead atoms. The van der Waals surface area contributed by atoms with Crippen molar-refractivity contribution in [3.63, 3.8) is 0 Å². The zero-order valence-corrected chi connectivity index (χ0v) is 11.9. The molecular weight excluding hydrogens is 254 g/mol. The van der Waals surface area contributed by atoms with Gasteiger partial charge in [0.2, 0.25) is 0 Å². The topological polar surface area (TPSA) is 92.6 Å². The van der Waals surface area contributed by atoms with Crippen LogP contribution in [0.3, 0.4) is 0 Å². The molecule has 0 aliphatic carbocycles. The maximum absolute atomic E-state index is 11.5. The smallest absolute Gasteiger partial charge is 0.320 e. The third-order valence-electron chi connectivity index (χ3n) is 3.29. The van der Waals surface area contributed by atoms with Crippen molar-refractivity contribution < 1.29 is 9.90 Å². The van der Waals surface area contributed by atoms with E-state index in [1.165, 1.54) is 0 Å². The van der Waals surface area contributed by atoms with Crippen molar-refractivity contribution in [3.05, 3.63) is 35.9 Å². The first-order valence-corrected chi connectivity index (χ1v) is 7.10. The van der Waals surface area contributed by atoms with Gasteiger partial charge in [0, 0.05) is 13.1 Å². The standard InChI is InChI=1S/C15H25N3O2/c16-9-4-8-14(15(19)20)18(11-5-10-17)12-13-6-2-1-3-7-13/h1-3,6-7,14H,4-5,8-12,16-17H2,(H,19,20). The van der Waals surface area contributed by atoms with Gasteiger partial charge in [-0.25, -0.2) is 0 Å². The number of nitrogens with zero attached hydrogens (tertiary/aromatic N) is 1. The van der Waals surface area contributed by atoms with E-state index in [4.69, 9.17) is 11.5 Å². The summed E-state index contributed by atoms with van der Waals surface area (Å²) >= 11 is 0. The number of hydrogen-bond donors (Lipinski definition) is 3. The number of benzene rings is 1. The first-order chi connectivity index (χ1) is 9.69. The summed E-state index contributed by atoms with van der Waals surface area (Å²) in [6, 6.07) is 9.41. The van der Waals surface area contributed by atoms with E-state index in [9.17, 15) is 9.90 Å². The molecule has 0 aliphatic heterocycles. The monoisotopic (exact) mass is 279 g/mol. The highest BCUT2D eigenvalue weighted by atomic mass is 16.4. The summed E-state index contributed by atoms with van der Waals surface area (Å²) in [5.41, 5.74) is 12.2. The first-order valence-electron chi connectivity index (χ1n) is 7.10. The van der Waals surface area contributed by atoms with Crippen LogP contribution in [-0.4, -0.2) is 41.7 Å². The van der Waals surface area contributed by atoms with Gasteiger partial charge in [-0.3, -0.25) is 9.69 Å². The van der Waals surface area contributed by atoms with Gasteiger partial charge in [0.05, 0.1) is 0 Å². The largest absolute Gasteiger partial charge is 0.480 e. The quantitative estimate of drug-likeness (QED) is 0.595. The van der Waals surface area contributed by atoms with E-state index >= 15 is 0 Å². The van der Waals surface area contributed by atoms with Crippen molar-refractivity contribution in [2.45, 2.75) is 31.8 Å². The Morgan fingerprint density at radius 1 is 1.15 bits per heavy atom. The zero-order valence-electron chi connectivity index (χ0n) is 11.9. The van der Waals surface area contributed by atoms with Gasteiger partial charge in [0.25, 0.3) is 0 Å². The molecule has 0 heterocycles. The summed E-state index contributed by atoms with van der Waals surface area (Å²) in [6.45, 7) is 2.39. The van der Waals surface area contributed by atoms with E-state index in [2.05, 4.69) is 0 Å². The number of hydrogen-bond acceptors (Lipinski definition) is 4. The van der Waals surface area contributed by atoms with Gasteiger partial charge < -0.3 is 16.6 Å². The molecule has 0 radical (unpaired) electrons. The van der Waals surface area contributed by atoms with Crippen LogP contribution in [0, 0.1) is 0 Å². The highest BCUT2D eigenvalue weighted by Gasteiger charge is 2.24. The maximum atomic E-state index is 11.5. The Bertz CT molecular complexity index is 384. The van der Waals surface area contributed by atoms with Crippen LogP contribution >= 0.6 is 0 Å². The number of aliphatic carboxylic acids is 1. The molecular formula is C15H25N3O2. The fraction of sp³-hybridized carbons (Fsp3) is 0.533. The summed E-state index contributed by atoms with van der Waals surface area (Å²) in [4.78, 5) is 13.5. The zero-order chi connectivity index (χ0) is 14.8. The van der Waals surface area contributed by atoms with E-state index in [1.807, 2.05) is 35.2 Å². The minimum absolute atomic E-state index is 0.495. The van der Waals surface area contributed by atoms with Crippen molar-refractivity contribution >= 4 is 5.97 Å². The van der Waals surface area contributed by atoms with Gasteiger partial charge in [-0.1, -0.05) is 30.3 Å². The number of carboxylic acids is 1. The molecule has 0 aliphatic rings. The van der Waals surface area contributed by atoms with Crippen LogP contribution in [0.4, 0.5) is 0 Å². The van der Waals surface area contributed by atoms with Crippen molar-refractivity contribution in [2.75, 3.05) is 19.6 Å². The highest BCUT2D eigenvalue weighted by Crippen LogP contribution is 2.13. The lowest BCUT2D eigenvalue weighted by atomic mass is 10.1. The van der Waals surface area contributed by atoms with Gasteiger partial charge in [-0.2, -0.15) is 0 Å². The molecule has 5 nitrogen and oxygen atoms in total. The first kappa shape index (κ1) is 16.6. The van der Waals surface area contributed by atoms with E-state index < -0.39 is 12.0 Å². The molecule has 0 aromatic heterocycles. The molecule has 0 amide bonds. The highest BCUT2D eigenvalue weighted by molar-refractivity contribution is 5.73. The molecule has 5 N–H and O–H groups in total.